The number of aromatic nitrogens is 2. The molecule has 0 radical (unpaired) electrons. The molecule has 3 N–H and O–H groups in total. The Balaban J connectivity index is 1.32. The average molecular weight is 389 g/mol. The third kappa shape index (κ3) is 4.10. The van der Waals surface area contributed by atoms with Crippen LogP contribution in [-0.4, -0.2) is 22.1 Å². The summed E-state index contributed by atoms with van der Waals surface area (Å²) in [4.78, 5) is 12.7. The number of nitrogens with one attached hydrogen (secondary N) is 1. The predicted molar refractivity (Wildman–Crippen MR) is 106 cm³/mol. The summed E-state index contributed by atoms with van der Waals surface area (Å²) < 4.78 is 0.881. The highest BCUT2D eigenvalue weighted by molar-refractivity contribution is 8.00. The van der Waals surface area contributed by atoms with E-state index in [-0.39, 0.29) is 17.9 Å². The molecule has 0 aliphatic heterocycles. The van der Waals surface area contributed by atoms with E-state index in [0.29, 0.717) is 17.0 Å². The smallest absolute Gasteiger partial charge is 0.229 e. The molecule has 2 aliphatic rings. The molecule has 4 rings (SSSR count). The monoisotopic (exact) mass is 388 g/mol. The number of thioether (sulfide) groups is 1. The second kappa shape index (κ2) is 8.06. The molecule has 0 saturated heterocycles. The Morgan fingerprint density at radius 1 is 1.19 bits per heavy atom. The van der Waals surface area contributed by atoms with E-state index in [1.165, 1.54) is 36.2 Å². The summed E-state index contributed by atoms with van der Waals surface area (Å²) in [5, 5.41) is 11.9. The summed E-state index contributed by atoms with van der Waals surface area (Å²) >= 11 is 3.10. The Labute approximate surface area is 162 Å². The fourth-order valence-corrected chi connectivity index (χ4v) is 5.96. The Morgan fingerprint density at radius 2 is 1.92 bits per heavy atom. The lowest BCUT2D eigenvalue weighted by Crippen LogP contribution is -2.48. The highest BCUT2D eigenvalue weighted by Gasteiger charge is 2.40. The average Bonchev–Trinajstić information content (AvgIpc) is 3.08. The van der Waals surface area contributed by atoms with E-state index >= 15 is 0 Å². The van der Waals surface area contributed by atoms with E-state index in [2.05, 4.69) is 27.6 Å². The minimum Gasteiger partial charge on any atom is -0.327 e. The van der Waals surface area contributed by atoms with Crippen molar-refractivity contribution >= 4 is 34.1 Å². The topological polar surface area (TPSA) is 80.9 Å². The standard InChI is InChI=1S/C19H24N4OS2/c20-16-13-7-4-8-14(16)10-15(9-13)17(24)21-18-22-23-19(26-18)25-11-12-5-2-1-3-6-12/h1-3,5-6,13-16H,4,7-11,20H2,(H,21,22,24). The number of nitrogens with zero attached hydrogens (tertiary/aromatic N) is 2. The number of anilines is 1. The quantitative estimate of drug-likeness (QED) is 0.599. The highest BCUT2D eigenvalue weighted by Crippen LogP contribution is 2.42. The second-order valence-corrected chi connectivity index (χ2v) is 9.53. The summed E-state index contributed by atoms with van der Waals surface area (Å²) in [5.41, 5.74) is 7.58. The zero-order valence-electron chi connectivity index (χ0n) is 14.6. The van der Waals surface area contributed by atoms with Crippen LogP contribution in [0.5, 0.6) is 0 Å². The fraction of sp³-hybridized carbons (Fsp3) is 0.526. The van der Waals surface area contributed by atoms with Gasteiger partial charge in [-0.15, -0.1) is 10.2 Å². The van der Waals surface area contributed by atoms with Crippen LogP contribution >= 0.6 is 23.1 Å². The van der Waals surface area contributed by atoms with Crippen LogP contribution in [0.15, 0.2) is 34.7 Å². The number of fused-ring (bicyclic) bond motifs is 2. The van der Waals surface area contributed by atoms with Gasteiger partial charge in [0.05, 0.1) is 0 Å². The summed E-state index contributed by atoms with van der Waals surface area (Å²) in [7, 11) is 0. The zero-order valence-corrected chi connectivity index (χ0v) is 16.3. The minimum absolute atomic E-state index is 0.0643. The van der Waals surface area contributed by atoms with Gasteiger partial charge in [0, 0.05) is 17.7 Å². The van der Waals surface area contributed by atoms with Gasteiger partial charge in [-0.05, 0) is 43.1 Å². The molecular weight excluding hydrogens is 364 g/mol. The first-order valence-electron chi connectivity index (χ1n) is 9.25. The van der Waals surface area contributed by atoms with Crippen LogP contribution in [0.1, 0.15) is 37.7 Å². The lowest BCUT2D eigenvalue weighted by molar-refractivity contribution is -0.122. The maximum atomic E-state index is 12.7. The summed E-state index contributed by atoms with van der Waals surface area (Å²) in [6.45, 7) is 0. The number of amides is 1. The van der Waals surface area contributed by atoms with Gasteiger partial charge in [0.15, 0.2) is 4.34 Å². The van der Waals surface area contributed by atoms with Crippen molar-refractivity contribution in [1.29, 1.82) is 0 Å². The minimum atomic E-state index is 0.0643. The van der Waals surface area contributed by atoms with Gasteiger partial charge in [-0.2, -0.15) is 0 Å². The van der Waals surface area contributed by atoms with Crippen molar-refractivity contribution in [2.45, 2.75) is 48.2 Å². The molecule has 26 heavy (non-hydrogen) atoms. The van der Waals surface area contributed by atoms with Crippen LogP contribution in [-0.2, 0) is 10.5 Å². The molecule has 0 spiro atoms. The molecule has 7 heteroatoms. The molecule has 5 nitrogen and oxygen atoms in total. The van der Waals surface area contributed by atoms with Gasteiger partial charge in [0.1, 0.15) is 0 Å². The molecule has 1 heterocycles. The number of hydrogen-bond acceptors (Lipinski definition) is 6. The Hall–Kier alpha value is -1.44. The van der Waals surface area contributed by atoms with Crippen molar-refractivity contribution in [3.8, 4) is 0 Å². The number of benzene rings is 1. The van der Waals surface area contributed by atoms with E-state index in [4.69, 9.17) is 5.73 Å². The van der Waals surface area contributed by atoms with Gasteiger partial charge >= 0.3 is 0 Å². The highest BCUT2D eigenvalue weighted by atomic mass is 32.2. The van der Waals surface area contributed by atoms with E-state index in [9.17, 15) is 4.79 Å². The lowest BCUT2D eigenvalue weighted by Gasteiger charge is -2.43. The van der Waals surface area contributed by atoms with Crippen LogP contribution in [0.2, 0.25) is 0 Å². The molecule has 1 aromatic carbocycles. The molecule has 2 aliphatic carbocycles. The van der Waals surface area contributed by atoms with Crippen molar-refractivity contribution in [3.63, 3.8) is 0 Å². The molecule has 2 aromatic rings. The van der Waals surface area contributed by atoms with Crippen LogP contribution in [0.3, 0.4) is 0 Å². The Bertz CT molecular complexity index is 737. The van der Waals surface area contributed by atoms with Crippen molar-refractivity contribution in [2.24, 2.45) is 23.5 Å². The summed E-state index contributed by atoms with van der Waals surface area (Å²) in [6, 6.07) is 10.6. The van der Waals surface area contributed by atoms with E-state index in [1.54, 1.807) is 11.8 Å². The second-order valence-electron chi connectivity index (χ2n) is 7.33. The molecule has 2 fully saturated rings. The number of carbonyl (C=O) groups is 1. The van der Waals surface area contributed by atoms with Crippen molar-refractivity contribution in [2.75, 3.05) is 5.32 Å². The maximum absolute atomic E-state index is 12.7. The first-order chi connectivity index (χ1) is 12.7. The van der Waals surface area contributed by atoms with Crippen LogP contribution < -0.4 is 11.1 Å². The molecule has 1 aromatic heterocycles. The molecule has 2 atom stereocenters. The third-order valence-electron chi connectivity index (χ3n) is 5.63. The Morgan fingerprint density at radius 3 is 2.65 bits per heavy atom. The number of hydrogen-bond donors (Lipinski definition) is 2. The molecule has 2 saturated carbocycles. The van der Waals surface area contributed by atoms with Gasteiger partial charge < -0.3 is 11.1 Å². The van der Waals surface area contributed by atoms with Crippen molar-refractivity contribution < 1.29 is 4.79 Å². The van der Waals surface area contributed by atoms with Gasteiger partial charge in [0.2, 0.25) is 11.0 Å². The van der Waals surface area contributed by atoms with Gasteiger partial charge in [-0.25, -0.2) is 0 Å². The largest absolute Gasteiger partial charge is 0.327 e. The summed E-state index contributed by atoms with van der Waals surface area (Å²) in [6.07, 6.45) is 5.42. The van der Waals surface area contributed by atoms with Gasteiger partial charge in [0.25, 0.3) is 0 Å². The predicted octanol–water partition coefficient (Wildman–Crippen LogP) is 3.92. The lowest BCUT2D eigenvalue weighted by atomic mass is 9.65. The number of nitrogens with two attached hydrogens (primary N) is 1. The first kappa shape index (κ1) is 17.9. The van der Waals surface area contributed by atoms with Crippen molar-refractivity contribution in [1.82, 2.24) is 10.2 Å². The first-order valence-corrected chi connectivity index (χ1v) is 11.1. The Kier molecular flexibility index (Phi) is 5.57. The molecular formula is C19H24N4OS2. The normalized spacial score (nSPS) is 27.9. The molecule has 138 valence electrons. The molecule has 2 bridgehead atoms. The van der Waals surface area contributed by atoms with E-state index in [0.717, 1.165) is 22.9 Å². The molecule has 2 unspecified atom stereocenters. The summed E-state index contributed by atoms with van der Waals surface area (Å²) in [5.74, 6) is 2.01. The molecule has 1 amide bonds. The fourth-order valence-electron chi connectivity index (χ4n) is 4.25. The van der Waals surface area contributed by atoms with Crippen LogP contribution in [0.4, 0.5) is 5.13 Å². The van der Waals surface area contributed by atoms with E-state index < -0.39 is 0 Å². The van der Waals surface area contributed by atoms with Crippen LogP contribution in [0, 0.1) is 17.8 Å². The van der Waals surface area contributed by atoms with Crippen molar-refractivity contribution in [3.05, 3.63) is 35.9 Å². The SMILES string of the molecule is NC1C2CCCC1CC(C(=O)Nc1nnc(SCc3ccccc3)s1)C2. The van der Waals surface area contributed by atoms with Gasteiger partial charge in [-0.3, -0.25) is 4.79 Å². The van der Waals surface area contributed by atoms with E-state index in [1.807, 2.05) is 18.2 Å². The maximum Gasteiger partial charge on any atom is 0.229 e. The number of carbonyl (C=O) groups excluding carboxylic acids is 1. The van der Waals surface area contributed by atoms with Gasteiger partial charge in [-0.1, -0.05) is 59.9 Å². The number of rotatable bonds is 5. The van der Waals surface area contributed by atoms with Crippen LogP contribution in [0.25, 0.3) is 0 Å². The third-order valence-corrected chi connectivity index (χ3v) is 7.67. The zero-order chi connectivity index (χ0) is 17.9.